The van der Waals surface area contributed by atoms with Crippen LogP contribution < -0.4 is 0 Å². The van der Waals surface area contributed by atoms with E-state index in [-0.39, 0.29) is 29.4 Å². The predicted molar refractivity (Wildman–Crippen MR) is 70.2 cm³/mol. The standard InChI is InChI=1S/C14H12FN3O3/c1-3-21-14(19)12-8(2)17-13(18(12)20)9-4-5-11(15)10(6-9)7-16/h4-6,20H,3H2,1-2H3. The number of hydrogen-bond acceptors (Lipinski definition) is 5. The molecule has 1 aromatic carbocycles. The van der Waals surface area contributed by atoms with Gasteiger partial charge in [0.1, 0.15) is 11.9 Å². The normalized spacial score (nSPS) is 10.2. The summed E-state index contributed by atoms with van der Waals surface area (Å²) >= 11 is 0. The SMILES string of the molecule is CCOC(=O)c1c(C)nc(-c2ccc(F)c(C#N)c2)n1O. The zero-order valence-electron chi connectivity index (χ0n) is 11.4. The molecule has 0 aliphatic carbocycles. The van der Waals surface area contributed by atoms with Crippen molar-refractivity contribution in [2.75, 3.05) is 6.61 Å². The van der Waals surface area contributed by atoms with Crippen LogP contribution in [-0.4, -0.2) is 27.5 Å². The van der Waals surface area contributed by atoms with Crippen LogP contribution in [0.4, 0.5) is 4.39 Å². The van der Waals surface area contributed by atoms with E-state index in [1.807, 2.05) is 0 Å². The summed E-state index contributed by atoms with van der Waals surface area (Å²) in [5.74, 6) is -1.34. The molecule has 7 heteroatoms. The first kappa shape index (κ1) is 14.5. The summed E-state index contributed by atoms with van der Waals surface area (Å²) in [5.41, 5.74) is 0.309. The highest BCUT2D eigenvalue weighted by Crippen LogP contribution is 2.23. The molecule has 0 spiro atoms. The Hall–Kier alpha value is -2.88. The molecular formula is C14H12FN3O3. The Bertz CT molecular complexity index is 747. The third-order valence-corrected chi connectivity index (χ3v) is 2.84. The minimum Gasteiger partial charge on any atom is -0.461 e. The molecule has 0 radical (unpaired) electrons. The number of aryl methyl sites for hydroxylation is 1. The second-order valence-corrected chi connectivity index (χ2v) is 4.21. The van der Waals surface area contributed by atoms with Crippen molar-refractivity contribution in [2.45, 2.75) is 13.8 Å². The Kier molecular flexibility index (Phi) is 3.89. The maximum Gasteiger partial charge on any atom is 0.360 e. The number of benzene rings is 1. The number of rotatable bonds is 3. The van der Waals surface area contributed by atoms with Crippen molar-refractivity contribution in [1.82, 2.24) is 9.71 Å². The van der Waals surface area contributed by atoms with Gasteiger partial charge in [-0.25, -0.2) is 14.2 Å². The van der Waals surface area contributed by atoms with Crippen molar-refractivity contribution < 1.29 is 19.1 Å². The summed E-state index contributed by atoms with van der Waals surface area (Å²) in [6.07, 6.45) is 0. The number of esters is 1. The largest absolute Gasteiger partial charge is 0.461 e. The van der Waals surface area contributed by atoms with Gasteiger partial charge in [-0.2, -0.15) is 9.99 Å². The van der Waals surface area contributed by atoms with Crippen LogP contribution in [0.25, 0.3) is 11.4 Å². The van der Waals surface area contributed by atoms with E-state index in [0.29, 0.717) is 10.3 Å². The van der Waals surface area contributed by atoms with Crippen molar-refractivity contribution in [2.24, 2.45) is 0 Å². The molecule has 0 bridgehead atoms. The molecule has 6 nitrogen and oxygen atoms in total. The van der Waals surface area contributed by atoms with Crippen LogP contribution in [0, 0.1) is 24.1 Å². The molecule has 108 valence electrons. The van der Waals surface area contributed by atoms with Crippen LogP contribution in [0.5, 0.6) is 0 Å². The average molecular weight is 289 g/mol. The molecule has 0 fully saturated rings. The third kappa shape index (κ3) is 2.56. The molecule has 0 atom stereocenters. The lowest BCUT2D eigenvalue weighted by Gasteiger charge is -2.05. The molecular weight excluding hydrogens is 277 g/mol. The molecule has 0 amide bonds. The van der Waals surface area contributed by atoms with Crippen molar-refractivity contribution in [3.8, 4) is 17.5 Å². The molecule has 0 saturated carbocycles. The summed E-state index contributed by atoms with van der Waals surface area (Å²) in [5, 5.41) is 18.9. The van der Waals surface area contributed by atoms with Gasteiger partial charge in [-0.05, 0) is 32.0 Å². The molecule has 2 aromatic rings. The second kappa shape index (κ2) is 5.63. The summed E-state index contributed by atoms with van der Waals surface area (Å²) in [6, 6.07) is 5.41. The molecule has 0 aliphatic rings. The maximum absolute atomic E-state index is 13.3. The highest BCUT2D eigenvalue weighted by Gasteiger charge is 2.23. The van der Waals surface area contributed by atoms with Crippen molar-refractivity contribution >= 4 is 5.97 Å². The molecule has 0 aliphatic heterocycles. The maximum atomic E-state index is 13.3. The zero-order valence-corrected chi connectivity index (χ0v) is 11.4. The van der Waals surface area contributed by atoms with Crippen LogP contribution in [0.3, 0.4) is 0 Å². The highest BCUT2D eigenvalue weighted by atomic mass is 19.1. The van der Waals surface area contributed by atoms with Gasteiger partial charge in [-0.15, -0.1) is 0 Å². The molecule has 1 heterocycles. The molecule has 21 heavy (non-hydrogen) atoms. The number of imidazole rings is 1. The van der Waals surface area contributed by atoms with Crippen LogP contribution in [0.1, 0.15) is 28.7 Å². The van der Waals surface area contributed by atoms with E-state index < -0.39 is 11.8 Å². The van der Waals surface area contributed by atoms with E-state index in [1.165, 1.54) is 19.1 Å². The highest BCUT2D eigenvalue weighted by molar-refractivity contribution is 5.89. The van der Waals surface area contributed by atoms with Crippen molar-refractivity contribution in [1.29, 1.82) is 5.26 Å². The number of nitrogens with zero attached hydrogens (tertiary/aromatic N) is 3. The first-order chi connectivity index (χ1) is 9.99. The summed E-state index contributed by atoms with van der Waals surface area (Å²) in [4.78, 5) is 15.8. The third-order valence-electron chi connectivity index (χ3n) is 2.84. The Balaban J connectivity index is 2.54. The van der Waals surface area contributed by atoms with Gasteiger partial charge in [-0.3, -0.25) is 0 Å². The predicted octanol–water partition coefficient (Wildman–Crippen LogP) is 2.28. The van der Waals surface area contributed by atoms with Gasteiger partial charge in [0.05, 0.1) is 17.9 Å². The molecule has 2 rings (SSSR count). The fourth-order valence-electron chi connectivity index (χ4n) is 1.89. The lowest BCUT2D eigenvalue weighted by Crippen LogP contribution is -2.12. The van der Waals surface area contributed by atoms with Gasteiger partial charge >= 0.3 is 5.97 Å². The number of ether oxygens (including phenoxy) is 1. The van der Waals surface area contributed by atoms with Gasteiger partial charge in [0.2, 0.25) is 0 Å². The number of halogens is 1. The van der Waals surface area contributed by atoms with Crippen LogP contribution >= 0.6 is 0 Å². The molecule has 1 N–H and O–H groups in total. The zero-order chi connectivity index (χ0) is 15.6. The van der Waals surface area contributed by atoms with Gasteiger partial charge in [0.15, 0.2) is 11.5 Å². The number of carbonyl (C=O) groups excluding carboxylic acids is 1. The summed E-state index contributed by atoms with van der Waals surface area (Å²) in [6.45, 7) is 3.34. The first-order valence-electron chi connectivity index (χ1n) is 6.15. The minimum absolute atomic E-state index is 0.0343. The van der Waals surface area contributed by atoms with Crippen LogP contribution in [0.2, 0.25) is 0 Å². The van der Waals surface area contributed by atoms with Crippen LogP contribution in [-0.2, 0) is 4.74 Å². The van der Waals surface area contributed by atoms with E-state index in [1.54, 1.807) is 13.0 Å². The monoisotopic (exact) mass is 289 g/mol. The van der Waals surface area contributed by atoms with Gasteiger partial charge < -0.3 is 9.94 Å². The van der Waals surface area contributed by atoms with E-state index in [0.717, 1.165) is 6.07 Å². The van der Waals surface area contributed by atoms with E-state index in [9.17, 15) is 14.4 Å². The van der Waals surface area contributed by atoms with E-state index in [2.05, 4.69) is 4.98 Å². The van der Waals surface area contributed by atoms with Crippen molar-refractivity contribution in [3.05, 3.63) is 41.0 Å². The Morgan fingerprint density at radius 3 is 2.90 bits per heavy atom. The Morgan fingerprint density at radius 1 is 1.57 bits per heavy atom. The summed E-state index contributed by atoms with van der Waals surface area (Å²) < 4.78 is 18.7. The number of aromatic nitrogens is 2. The summed E-state index contributed by atoms with van der Waals surface area (Å²) in [7, 11) is 0. The average Bonchev–Trinajstić information content (AvgIpc) is 2.75. The second-order valence-electron chi connectivity index (χ2n) is 4.21. The first-order valence-corrected chi connectivity index (χ1v) is 6.15. The fourth-order valence-corrected chi connectivity index (χ4v) is 1.89. The minimum atomic E-state index is -0.709. The number of hydrogen-bond donors (Lipinski definition) is 1. The molecule has 0 saturated heterocycles. The lowest BCUT2D eigenvalue weighted by atomic mass is 10.1. The molecule has 1 aromatic heterocycles. The molecule has 0 unspecified atom stereocenters. The Morgan fingerprint density at radius 2 is 2.29 bits per heavy atom. The van der Waals surface area contributed by atoms with Gasteiger partial charge in [0.25, 0.3) is 0 Å². The number of carbonyl (C=O) groups is 1. The topological polar surface area (TPSA) is 88.1 Å². The smallest absolute Gasteiger partial charge is 0.360 e. The van der Waals surface area contributed by atoms with E-state index >= 15 is 0 Å². The Labute approximate surface area is 120 Å². The number of nitriles is 1. The lowest BCUT2D eigenvalue weighted by molar-refractivity contribution is 0.0476. The van der Waals surface area contributed by atoms with Gasteiger partial charge in [0, 0.05) is 5.56 Å². The van der Waals surface area contributed by atoms with Gasteiger partial charge in [-0.1, -0.05) is 0 Å². The van der Waals surface area contributed by atoms with Crippen molar-refractivity contribution in [3.63, 3.8) is 0 Å². The van der Waals surface area contributed by atoms with Crippen LogP contribution in [0.15, 0.2) is 18.2 Å². The van der Waals surface area contributed by atoms with E-state index in [4.69, 9.17) is 10.00 Å². The fraction of sp³-hybridized carbons (Fsp3) is 0.214. The quantitative estimate of drug-likeness (QED) is 0.691.